The summed E-state index contributed by atoms with van der Waals surface area (Å²) in [6, 6.07) is 7.56. The van der Waals surface area contributed by atoms with Crippen molar-refractivity contribution >= 4 is 0 Å². The van der Waals surface area contributed by atoms with Crippen molar-refractivity contribution in [3.63, 3.8) is 0 Å². The Morgan fingerprint density at radius 3 is 2.62 bits per heavy atom. The lowest BCUT2D eigenvalue weighted by Crippen LogP contribution is -2.12. The van der Waals surface area contributed by atoms with Crippen molar-refractivity contribution in [1.29, 1.82) is 0 Å². The van der Waals surface area contributed by atoms with Gasteiger partial charge < -0.3 is 14.6 Å². The van der Waals surface area contributed by atoms with Crippen LogP contribution in [0.4, 0.5) is 0 Å². The normalized spacial score (nSPS) is 12.5. The Bertz CT molecular complexity index is 260. The SMILES string of the molecule is COc1ccccc1CC(O)OC. The van der Waals surface area contributed by atoms with Crippen LogP contribution in [0.5, 0.6) is 5.75 Å². The number of hydrogen-bond acceptors (Lipinski definition) is 3. The van der Waals surface area contributed by atoms with Crippen molar-refractivity contribution in [1.82, 2.24) is 0 Å². The van der Waals surface area contributed by atoms with Crippen molar-refractivity contribution in [3.05, 3.63) is 29.8 Å². The van der Waals surface area contributed by atoms with Gasteiger partial charge in [-0.15, -0.1) is 0 Å². The Hall–Kier alpha value is -1.06. The first-order valence-corrected chi connectivity index (χ1v) is 4.10. The number of aliphatic hydroxyl groups is 1. The standard InChI is InChI=1S/C10H14O3/c1-12-9-6-4-3-5-8(9)7-10(11)13-2/h3-6,10-11H,7H2,1-2H3. The van der Waals surface area contributed by atoms with Crippen molar-refractivity contribution < 1.29 is 14.6 Å². The summed E-state index contributed by atoms with van der Waals surface area (Å²) in [7, 11) is 3.08. The molecule has 0 radical (unpaired) electrons. The van der Waals surface area contributed by atoms with Gasteiger partial charge >= 0.3 is 0 Å². The van der Waals surface area contributed by atoms with Gasteiger partial charge in [-0.2, -0.15) is 0 Å². The molecule has 0 heterocycles. The summed E-state index contributed by atoms with van der Waals surface area (Å²) in [5.41, 5.74) is 0.944. The molecule has 0 aromatic heterocycles. The van der Waals surface area contributed by atoms with Gasteiger partial charge in [0.1, 0.15) is 5.75 Å². The average Bonchev–Trinajstić information content (AvgIpc) is 2.18. The minimum absolute atomic E-state index is 0.445. The van der Waals surface area contributed by atoms with Gasteiger partial charge in [0.25, 0.3) is 0 Å². The first kappa shape index (κ1) is 10.0. The van der Waals surface area contributed by atoms with Crippen LogP contribution in [0.15, 0.2) is 24.3 Å². The zero-order valence-electron chi connectivity index (χ0n) is 7.86. The summed E-state index contributed by atoms with van der Waals surface area (Å²) < 4.78 is 9.88. The van der Waals surface area contributed by atoms with Crippen LogP contribution < -0.4 is 4.74 Å². The third-order valence-corrected chi connectivity index (χ3v) is 1.86. The van der Waals surface area contributed by atoms with Crippen molar-refractivity contribution in [3.8, 4) is 5.75 Å². The molecule has 1 aromatic carbocycles. The van der Waals surface area contributed by atoms with Gasteiger partial charge in [0.2, 0.25) is 0 Å². The predicted molar refractivity (Wildman–Crippen MR) is 49.7 cm³/mol. The summed E-state index contributed by atoms with van der Waals surface area (Å²) in [6.07, 6.45) is -0.322. The Labute approximate surface area is 77.9 Å². The highest BCUT2D eigenvalue weighted by molar-refractivity contribution is 5.33. The third kappa shape index (κ3) is 2.72. The van der Waals surface area contributed by atoms with Gasteiger partial charge in [-0.3, -0.25) is 0 Å². The fraction of sp³-hybridized carbons (Fsp3) is 0.400. The van der Waals surface area contributed by atoms with E-state index in [1.165, 1.54) is 7.11 Å². The van der Waals surface area contributed by atoms with Crippen LogP contribution >= 0.6 is 0 Å². The second-order valence-corrected chi connectivity index (χ2v) is 2.71. The number of rotatable bonds is 4. The van der Waals surface area contributed by atoms with Gasteiger partial charge in [-0.05, 0) is 11.6 Å². The van der Waals surface area contributed by atoms with E-state index < -0.39 is 6.29 Å². The van der Waals surface area contributed by atoms with E-state index in [1.807, 2.05) is 24.3 Å². The molecule has 13 heavy (non-hydrogen) atoms. The van der Waals surface area contributed by atoms with Crippen LogP contribution in [0.25, 0.3) is 0 Å². The van der Waals surface area contributed by atoms with Crippen LogP contribution in [0.2, 0.25) is 0 Å². The number of ether oxygens (including phenoxy) is 2. The van der Waals surface area contributed by atoms with Crippen LogP contribution in [0, 0.1) is 0 Å². The highest BCUT2D eigenvalue weighted by atomic mass is 16.6. The predicted octanol–water partition coefficient (Wildman–Crippen LogP) is 1.20. The van der Waals surface area contributed by atoms with Crippen molar-refractivity contribution in [2.24, 2.45) is 0 Å². The molecule has 0 amide bonds. The van der Waals surface area contributed by atoms with E-state index in [9.17, 15) is 5.11 Å². The molecule has 72 valence electrons. The molecule has 1 unspecified atom stereocenters. The van der Waals surface area contributed by atoms with Crippen LogP contribution in [0.3, 0.4) is 0 Å². The molecule has 1 aromatic rings. The summed E-state index contributed by atoms with van der Waals surface area (Å²) in [5, 5.41) is 9.25. The molecule has 1 atom stereocenters. The molecular formula is C10H14O3. The fourth-order valence-electron chi connectivity index (χ4n) is 1.14. The highest BCUT2D eigenvalue weighted by Gasteiger charge is 2.07. The summed E-state index contributed by atoms with van der Waals surface area (Å²) in [5.74, 6) is 0.776. The van der Waals surface area contributed by atoms with Crippen LogP contribution in [-0.2, 0) is 11.2 Å². The fourth-order valence-corrected chi connectivity index (χ4v) is 1.14. The van der Waals surface area contributed by atoms with E-state index in [0.717, 1.165) is 11.3 Å². The van der Waals surface area contributed by atoms with Gasteiger partial charge in [-0.1, -0.05) is 18.2 Å². The number of para-hydroxylation sites is 1. The Morgan fingerprint density at radius 2 is 2.00 bits per heavy atom. The first-order valence-electron chi connectivity index (χ1n) is 4.10. The summed E-state index contributed by atoms with van der Waals surface area (Å²) >= 11 is 0. The molecule has 0 fully saturated rings. The summed E-state index contributed by atoms with van der Waals surface area (Å²) in [6.45, 7) is 0. The van der Waals surface area contributed by atoms with E-state index in [-0.39, 0.29) is 0 Å². The number of benzene rings is 1. The molecular weight excluding hydrogens is 168 g/mol. The Balaban J connectivity index is 2.74. The zero-order valence-corrected chi connectivity index (χ0v) is 7.86. The monoisotopic (exact) mass is 182 g/mol. The average molecular weight is 182 g/mol. The first-order chi connectivity index (χ1) is 6.27. The largest absolute Gasteiger partial charge is 0.496 e. The lowest BCUT2D eigenvalue weighted by Gasteiger charge is -2.11. The maximum Gasteiger partial charge on any atom is 0.158 e. The second kappa shape index (κ2) is 4.84. The molecule has 0 bridgehead atoms. The number of aliphatic hydroxyl groups excluding tert-OH is 1. The molecule has 3 heteroatoms. The highest BCUT2D eigenvalue weighted by Crippen LogP contribution is 2.18. The molecule has 3 nitrogen and oxygen atoms in total. The van der Waals surface area contributed by atoms with E-state index in [2.05, 4.69) is 0 Å². The lowest BCUT2D eigenvalue weighted by molar-refractivity contribution is -0.0722. The van der Waals surface area contributed by atoms with Gasteiger partial charge in [0.05, 0.1) is 7.11 Å². The molecule has 0 saturated carbocycles. The van der Waals surface area contributed by atoms with E-state index in [4.69, 9.17) is 9.47 Å². The maximum atomic E-state index is 9.25. The molecule has 0 saturated heterocycles. The van der Waals surface area contributed by atoms with Gasteiger partial charge in [0.15, 0.2) is 6.29 Å². The van der Waals surface area contributed by atoms with Crippen LogP contribution in [0.1, 0.15) is 5.56 Å². The third-order valence-electron chi connectivity index (χ3n) is 1.86. The molecule has 1 rings (SSSR count). The minimum Gasteiger partial charge on any atom is -0.496 e. The summed E-state index contributed by atoms with van der Waals surface area (Å²) in [4.78, 5) is 0. The molecule has 1 N–H and O–H groups in total. The van der Waals surface area contributed by atoms with Gasteiger partial charge in [0, 0.05) is 13.5 Å². The topological polar surface area (TPSA) is 38.7 Å². The molecule has 0 aliphatic heterocycles. The Kier molecular flexibility index (Phi) is 3.73. The van der Waals surface area contributed by atoms with E-state index >= 15 is 0 Å². The zero-order chi connectivity index (χ0) is 9.68. The molecule has 0 spiro atoms. The molecule has 0 aliphatic rings. The Morgan fingerprint density at radius 1 is 1.31 bits per heavy atom. The lowest BCUT2D eigenvalue weighted by atomic mass is 10.1. The minimum atomic E-state index is -0.767. The van der Waals surface area contributed by atoms with E-state index in [1.54, 1.807) is 7.11 Å². The van der Waals surface area contributed by atoms with Gasteiger partial charge in [-0.25, -0.2) is 0 Å². The van der Waals surface area contributed by atoms with Crippen LogP contribution in [-0.4, -0.2) is 25.6 Å². The van der Waals surface area contributed by atoms with Crippen molar-refractivity contribution in [2.75, 3.05) is 14.2 Å². The number of hydrogen-bond donors (Lipinski definition) is 1. The smallest absolute Gasteiger partial charge is 0.158 e. The maximum absolute atomic E-state index is 9.25. The van der Waals surface area contributed by atoms with Crippen molar-refractivity contribution in [2.45, 2.75) is 12.7 Å². The second-order valence-electron chi connectivity index (χ2n) is 2.71. The van der Waals surface area contributed by atoms with E-state index in [0.29, 0.717) is 6.42 Å². The molecule has 0 aliphatic carbocycles. The number of methoxy groups -OCH3 is 2. The quantitative estimate of drug-likeness (QED) is 0.711.